The van der Waals surface area contributed by atoms with E-state index < -0.39 is 10.0 Å². The summed E-state index contributed by atoms with van der Waals surface area (Å²) >= 11 is 0. The number of nitrogens with zero attached hydrogens (tertiary/aromatic N) is 2. The minimum Gasteiger partial charge on any atom is -0.352 e. The van der Waals surface area contributed by atoms with Gasteiger partial charge in [0.05, 0.1) is 16.1 Å². The van der Waals surface area contributed by atoms with E-state index in [9.17, 15) is 17.6 Å². The van der Waals surface area contributed by atoms with Crippen molar-refractivity contribution in [2.45, 2.75) is 31.6 Å². The third kappa shape index (κ3) is 4.72. The number of amides is 1. The molecule has 1 fully saturated rings. The number of halogens is 1. The van der Waals surface area contributed by atoms with Crippen LogP contribution in [0.15, 0.2) is 65.6 Å². The van der Waals surface area contributed by atoms with Gasteiger partial charge in [0.1, 0.15) is 5.82 Å². The zero-order chi connectivity index (χ0) is 23.6. The van der Waals surface area contributed by atoms with Gasteiger partial charge >= 0.3 is 0 Å². The number of rotatable bonds is 6. The Kier molecular flexibility index (Phi) is 6.67. The molecule has 33 heavy (non-hydrogen) atoms. The van der Waals surface area contributed by atoms with Gasteiger partial charge in [-0.2, -0.15) is 4.31 Å². The summed E-state index contributed by atoms with van der Waals surface area (Å²) in [4.78, 5) is 13.2. The third-order valence-electron chi connectivity index (χ3n) is 6.27. The van der Waals surface area contributed by atoms with Gasteiger partial charge in [0, 0.05) is 31.0 Å². The van der Waals surface area contributed by atoms with Gasteiger partial charge in [-0.25, -0.2) is 12.8 Å². The highest BCUT2D eigenvalue weighted by Crippen LogP contribution is 2.25. The minimum atomic E-state index is -3.48. The zero-order valence-corrected chi connectivity index (χ0v) is 19.6. The molecule has 0 aliphatic carbocycles. The molecule has 0 unspecified atom stereocenters. The first-order chi connectivity index (χ1) is 15.8. The zero-order valence-electron chi connectivity index (χ0n) is 18.8. The molecule has 1 aromatic heterocycles. The Labute approximate surface area is 194 Å². The van der Waals surface area contributed by atoms with Gasteiger partial charge in [0.25, 0.3) is 5.91 Å². The molecule has 1 saturated heterocycles. The van der Waals surface area contributed by atoms with Crippen molar-refractivity contribution in [3.05, 3.63) is 83.4 Å². The molecule has 0 spiro atoms. The van der Waals surface area contributed by atoms with Crippen LogP contribution in [0.5, 0.6) is 0 Å². The molecule has 8 heteroatoms. The number of piperidine rings is 1. The lowest BCUT2D eigenvalue weighted by Gasteiger charge is -2.31. The number of aromatic nitrogens is 1. The first-order valence-corrected chi connectivity index (χ1v) is 12.5. The van der Waals surface area contributed by atoms with E-state index in [4.69, 9.17) is 0 Å². The van der Waals surface area contributed by atoms with Crippen LogP contribution in [0.25, 0.3) is 5.69 Å². The van der Waals surface area contributed by atoms with E-state index in [0.29, 0.717) is 54.3 Å². The number of nitrogens with one attached hydrogen (secondary N) is 1. The number of benzene rings is 2. The molecule has 6 nitrogen and oxygen atoms in total. The molecule has 1 amide bonds. The molecule has 2 heterocycles. The quantitative estimate of drug-likeness (QED) is 0.592. The molecule has 2 aromatic carbocycles. The third-order valence-corrected chi connectivity index (χ3v) is 8.19. The van der Waals surface area contributed by atoms with Crippen molar-refractivity contribution in [3.8, 4) is 5.69 Å². The summed E-state index contributed by atoms with van der Waals surface area (Å²) in [5, 5.41) is 2.99. The Hall–Kier alpha value is -2.97. The average molecular weight is 470 g/mol. The lowest BCUT2D eigenvalue weighted by atomic mass is 9.98. The summed E-state index contributed by atoms with van der Waals surface area (Å²) in [7, 11) is -3.48. The van der Waals surface area contributed by atoms with Crippen LogP contribution >= 0.6 is 0 Å². The second-order valence-electron chi connectivity index (χ2n) is 8.44. The van der Waals surface area contributed by atoms with E-state index >= 15 is 0 Å². The first-order valence-electron chi connectivity index (χ1n) is 11.1. The number of aryl methyl sites for hydroxylation is 1. The Bertz CT molecular complexity index is 1250. The summed E-state index contributed by atoms with van der Waals surface area (Å²) < 4.78 is 43.1. The van der Waals surface area contributed by atoms with Crippen LogP contribution in [0.4, 0.5) is 4.39 Å². The highest BCUT2D eigenvalue weighted by atomic mass is 32.2. The van der Waals surface area contributed by atoms with Crippen molar-refractivity contribution >= 4 is 15.9 Å². The van der Waals surface area contributed by atoms with Crippen LogP contribution in [0.2, 0.25) is 0 Å². The number of para-hydroxylation sites is 1. The molecular weight excluding hydrogens is 441 g/mol. The number of hydrogen-bond donors (Lipinski definition) is 1. The van der Waals surface area contributed by atoms with E-state index in [0.717, 1.165) is 5.69 Å². The summed E-state index contributed by atoms with van der Waals surface area (Å²) in [6.07, 6.45) is 1.36. The Morgan fingerprint density at radius 1 is 1.03 bits per heavy atom. The largest absolute Gasteiger partial charge is 0.352 e. The van der Waals surface area contributed by atoms with Crippen molar-refractivity contribution in [1.82, 2.24) is 14.2 Å². The van der Waals surface area contributed by atoms with Crippen molar-refractivity contribution in [2.75, 3.05) is 19.6 Å². The maximum Gasteiger partial charge on any atom is 0.253 e. The molecule has 4 rings (SSSR count). The Morgan fingerprint density at radius 3 is 2.33 bits per heavy atom. The SMILES string of the molecule is Cc1cc(C(=O)NCC2CCN(S(=O)(=O)c3ccccc3)CC2)c(C)n1-c1ccccc1F. The van der Waals surface area contributed by atoms with Gasteiger partial charge in [-0.05, 0) is 62.9 Å². The molecular formula is C25H28FN3O3S. The van der Waals surface area contributed by atoms with Crippen LogP contribution in [-0.4, -0.2) is 42.8 Å². The summed E-state index contributed by atoms with van der Waals surface area (Å²) in [5.41, 5.74) is 2.39. The lowest BCUT2D eigenvalue weighted by molar-refractivity contribution is 0.0941. The summed E-state index contributed by atoms with van der Waals surface area (Å²) in [5.74, 6) is -0.347. The maximum absolute atomic E-state index is 14.3. The second kappa shape index (κ2) is 9.49. The van der Waals surface area contributed by atoms with Gasteiger partial charge in [0.2, 0.25) is 10.0 Å². The molecule has 174 valence electrons. The van der Waals surface area contributed by atoms with Crippen LogP contribution in [0.1, 0.15) is 34.6 Å². The van der Waals surface area contributed by atoms with Gasteiger partial charge in [-0.15, -0.1) is 0 Å². The van der Waals surface area contributed by atoms with Gasteiger partial charge < -0.3 is 9.88 Å². The maximum atomic E-state index is 14.3. The summed E-state index contributed by atoms with van der Waals surface area (Å²) in [6.45, 7) is 4.99. The minimum absolute atomic E-state index is 0.200. The van der Waals surface area contributed by atoms with Crippen molar-refractivity contribution < 1.29 is 17.6 Å². The van der Waals surface area contributed by atoms with E-state index in [1.54, 1.807) is 66.1 Å². The van der Waals surface area contributed by atoms with Gasteiger partial charge in [-0.3, -0.25) is 4.79 Å². The number of carbonyl (C=O) groups is 1. The number of hydrogen-bond acceptors (Lipinski definition) is 3. The monoisotopic (exact) mass is 469 g/mol. The fraction of sp³-hybridized carbons (Fsp3) is 0.320. The smallest absolute Gasteiger partial charge is 0.253 e. The highest BCUT2D eigenvalue weighted by molar-refractivity contribution is 7.89. The molecule has 3 aromatic rings. The topological polar surface area (TPSA) is 71.4 Å². The molecule has 1 aliphatic rings. The highest BCUT2D eigenvalue weighted by Gasteiger charge is 2.29. The van der Waals surface area contributed by atoms with Crippen molar-refractivity contribution in [2.24, 2.45) is 5.92 Å². The number of sulfonamides is 1. The van der Waals surface area contributed by atoms with E-state index in [2.05, 4.69) is 5.32 Å². The predicted octanol–water partition coefficient (Wildman–Crippen LogP) is 4.06. The Balaban J connectivity index is 1.37. The molecule has 1 aliphatic heterocycles. The van der Waals surface area contributed by atoms with Crippen LogP contribution in [0.3, 0.4) is 0 Å². The van der Waals surface area contributed by atoms with Crippen LogP contribution in [0, 0.1) is 25.6 Å². The molecule has 0 saturated carbocycles. The predicted molar refractivity (Wildman–Crippen MR) is 125 cm³/mol. The summed E-state index contributed by atoms with van der Waals surface area (Å²) in [6, 6.07) is 16.7. The van der Waals surface area contributed by atoms with Crippen molar-refractivity contribution in [3.63, 3.8) is 0 Å². The first kappa shape index (κ1) is 23.2. The Morgan fingerprint density at radius 2 is 1.67 bits per heavy atom. The fourth-order valence-electron chi connectivity index (χ4n) is 4.42. The van der Waals surface area contributed by atoms with Crippen molar-refractivity contribution in [1.29, 1.82) is 0 Å². The normalized spacial score (nSPS) is 15.5. The molecule has 0 atom stereocenters. The standard InChI is InChI=1S/C25H28FN3O3S/c1-18-16-22(19(2)29(18)24-11-7-6-10-23(24)26)25(30)27-17-20-12-14-28(15-13-20)33(31,32)21-8-4-3-5-9-21/h3-11,16,20H,12-15,17H2,1-2H3,(H,27,30). The van der Waals surface area contributed by atoms with Crippen LogP contribution < -0.4 is 5.32 Å². The molecule has 1 N–H and O–H groups in total. The molecule has 0 bridgehead atoms. The lowest BCUT2D eigenvalue weighted by Crippen LogP contribution is -2.41. The fourth-order valence-corrected chi connectivity index (χ4v) is 5.91. The van der Waals surface area contributed by atoms with E-state index in [-0.39, 0.29) is 17.6 Å². The number of carbonyl (C=O) groups excluding carboxylic acids is 1. The van der Waals surface area contributed by atoms with Gasteiger partial charge in [-0.1, -0.05) is 30.3 Å². The molecule has 0 radical (unpaired) electrons. The average Bonchev–Trinajstić information content (AvgIpc) is 3.12. The van der Waals surface area contributed by atoms with Crippen LogP contribution in [-0.2, 0) is 10.0 Å². The van der Waals surface area contributed by atoms with Gasteiger partial charge in [0.15, 0.2) is 0 Å². The van der Waals surface area contributed by atoms with E-state index in [1.165, 1.54) is 10.4 Å². The van der Waals surface area contributed by atoms with E-state index in [1.807, 2.05) is 6.92 Å². The second-order valence-corrected chi connectivity index (χ2v) is 10.4.